The van der Waals surface area contributed by atoms with E-state index in [0.29, 0.717) is 5.56 Å². The number of rotatable bonds is 4. The number of carbonyl (C=O) groups excluding carboxylic acids is 3. The van der Waals surface area contributed by atoms with E-state index in [4.69, 9.17) is 4.74 Å². The monoisotopic (exact) mass is 508 g/mol. The largest absolute Gasteiger partial charge is 0.471 e. The highest BCUT2D eigenvalue weighted by atomic mass is 19.4. The summed E-state index contributed by atoms with van der Waals surface area (Å²) in [4.78, 5) is 35.1. The van der Waals surface area contributed by atoms with E-state index >= 15 is 0 Å². The van der Waals surface area contributed by atoms with E-state index in [-0.39, 0.29) is 28.1 Å². The highest BCUT2D eigenvalue weighted by Gasteiger charge is 2.48. The Morgan fingerprint density at radius 2 is 1.08 bits per heavy atom. The van der Waals surface area contributed by atoms with Crippen LogP contribution in [0.5, 0.6) is 0 Å². The molecule has 36 heavy (non-hydrogen) atoms. The van der Waals surface area contributed by atoms with Crippen molar-refractivity contribution in [3.63, 3.8) is 0 Å². The van der Waals surface area contributed by atoms with Crippen LogP contribution in [0.15, 0.2) is 72.8 Å². The zero-order chi connectivity index (χ0) is 26.3. The summed E-state index contributed by atoms with van der Waals surface area (Å²) in [5.74, 6) is -5.03. The molecule has 4 rings (SSSR count). The highest BCUT2D eigenvalue weighted by molar-refractivity contribution is 5.97. The Labute approximate surface area is 198 Å². The zero-order valence-corrected chi connectivity index (χ0v) is 17.8. The average molecular weight is 508 g/mol. The summed E-state index contributed by atoms with van der Waals surface area (Å²) in [7, 11) is 0. The van der Waals surface area contributed by atoms with E-state index in [9.17, 15) is 40.7 Å². The van der Waals surface area contributed by atoms with Crippen molar-refractivity contribution in [2.75, 3.05) is 10.6 Å². The maximum Gasteiger partial charge on any atom is 0.471 e. The van der Waals surface area contributed by atoms with E-state index < -0.39 is 35.7 Å². The average Bonchev–Trinajstić information content (AvgIpc) is 3.12. The van der Waals surface area contributed by atoms with Crippen LogP contribution < -0.4 is 10.6 Å². The Morgan fingerprint density at radius 3 is 1.50 bits per heavy atom. The van der Waals surface area contributed by atoms with Crippen molar-refractivity contribution in [1.82, 2.24) is 0 Å². The minimum Gasteiger partial charge on any atom is -0.441 e. The lowest BCUT2D eigenvalue weighted by molar-refractivity contribution is -0.167. The van der Waals surface area contributed by atoms with Gasteiger partial charge in [-0.2, -0.15) is 26.3 Å². The third-order valence-corrected chi connectivity index (χ3v) is 5.39. The van der Waals surface area contributed by atoms with Gasteiger partial charge in [-0.15, -0.1) is 0 Å². The Hall–Kier alpha value is -4.35. The summed E-state index contributed by atoms with van der Waals surface area (Å²) in [6.45, 7) is 0. The summed E-state index contributed by atoms with van der Waals surface area (Å²) < 4.78 is 81.2. The number of hydrogen-bond donors (Lipinski definition) is 2. The quantitative estimate of drug-likeness (QED) is 0.377. The second-order valence-corrected chi connectivity index (χ2v) is 7.67. The number of benzene rings is 3. The van der Waals surface area contributed by atoms with Crippen molar-refractivity contribution in [2.24, 2.45) is 0 Å². The molecule has 0 radical (unpaired) electrons. The maximum absolute atomic E-state index is 12.7. The molecule has 1 aliphatic heterocycles. The number of anilines is 2. The number of halogens is 6. The first-order valence-electron chi connectivity index (χ1n) is 10.1. The van der Waals surface area contributed by atoms with Crippen LogP contribution in [0.25, 0.3) is 0 Å². The summed E-state index contributed by atoms with van der Waals surface area (Å²) in [5.41, 5.74) is -0.767. The number of nitrogens with one attached hydrogen (secondary N) is 2. The minimum atomic E-state index is -5.09. The summed E-state index contributed by atoms with van der Waals surface area (Å²) in [5, 5.41) is 3.43. The van der Waals surface area contributed by atoms with Gasteiger partial charge in [0.05, 0.1) is 5.56 Å². The lowest BCUT2D eigenvalue weighted by Gasteiger charge is -2.30. The number of esters is 1. The lowest BCUT2D eigenvalue weighted by Crippen LogP contribution is -2.31. The van der Waals surface area contributed by atoms with Gasteiger partial charge < -0.3 is 15.4 Å². The predicted molar refractivity (Wildman–Crippen MR) is 114 cm³/mol. The van der Waals surface area contributed by atoms with Crippen LogP contribution in [0.2, 0.25) is 0 Å². The number of carbonyl (C=O) groups is 3. The minimum absolute atomic E-state index is 0.168. The topological polar surface area (TPSA) is 84.5 Å². The smallest absolute Gasteiger partial charge is 0.441 e. The number of amides is 2. The van der Waals surface area contributed by atoms with Crippen molar-refractivity contribution in [1.29, 1.82) is 0 Å². The van der Waals surface area contributed by atoms with Crippen LogP contribution in [-0.4, -0.2) is 30.1 Å². The van der Waals surface area contributed by atoms with Gasteiger partial charge in [-0.05, 0) is 30.3 Å². The molecule has 1 heterocycles. The Bertz CT molecular complexity index is 1260. The van der Waals surface area contributed by atoms with Gasteiger partial charge in [-0.3, -0.25) is 9.59 Å². The molecular weight excluding hydrogens is 494 g/mol. The fourth-order valence-corrected chi connectivity index (χ4v) is 3.79. The van der Waals surface area contributed by atoms with Crippen LogP contribution in [0.3, 0.4) is 0 Å². The van der Waals surface area contributed by atoms with E-state index in [1.165, 1.54) is 54.6 Å². The van der Waals surface area contributed by atoms with Crippen LogP contribution in [0.4, 0.5) is 37.7 Å². The molecule has 0 saturated heterocycles. The number of cyclic esters (lactones) is 1. The van der Waals surface area contributed by atoms with Crippen molar-refractivity contribution in [3.8, 4) is 0 Å². The molecule has 3 aromatic carbocycles. The van der Waals surface area contributed by atoms with Crippen LogP contribution in [0, 0.1) is 0 Å². The Morgan fingerprint density at radius 1 is 0.667 bits per heavy atom. The Kier molecular flexibility index (Phi) is 5.99. The molecule has 3 aromatic rings. The first kappa shape index (κ1) is 24.8. The van der Waals surface area contributed by atoms with E-state index in [0.717, 1.165) is 0 Å². The SMILES string of the molecule is O=C1OC(c2ccc(NC(=O)C(F)(F)F)cc2)(c2ccc(NC(=O)C(F)(F)F)cc2)c2ccccc21. The molecule has 1 aliphatic rings. The summed E-state index contributed by atoms with van der Waals surface area (Å²) >= 11 is 0. The van der Waals surface area contributed by atoms with Crippen LogP contribution >= 0.6 is 0 Å². The third kappa shape index (κ3) is 4.49. The fourth-order valence-electron chi connectivity index (χ4n) is 3.79. The molecule has 0 spiro atoms. The van der Waals surface area contributed by atoms with Crippen molar-refractivity contribution >= 4 is 29.2 Å². The van der Waals surface area contributed by atoms with Gasteiger partial charge in [-0.1, -0.05) is 42.5 Å². The molecule has 12 heteroatoms. The summed E-state index contributed by atoms with van der Waals surface area (Å²) in [6, 6.07) is 16.5. The van der Waals surface area contributed by atoms with Crippen molar-refractivity contribution < 1.29 is 45.5 Å². The molecule has 0 aliphatic carbocycles. The number of hydrogen-bond acceptors (Lipinski definition) is 4. The molecule has 186 valence electrons. The highest BCUT2D eigenvalue weighted by Crippen LogP contribution is 2.47. The molecule has 6 nitrogen and oxygen atoms in total. The molecule has 0 unspecified atom stereocenters. The molecule has 0 aromatic heterocycles. The molecule has 0 bridgehead atoms. The number of alkyl halides is 6. The fraction of sp³-hybridized carbons (Fsp3) is 0.125. The molecule has 2 N–H and O–H groups in total. The standard InChI is InChI=1S/C24H14F6N2O4/c25-23(26,27)20(34)31-15-9-5-13(6-10-15)22(18-4-2-1-3-17(18)19(33)36-22)14-7-11-16(12-8-14)32-21(35)24(28,29)30/h1-12H,(H,31,34)(H,32,35). The number of ether oxygens (including phenoxy) is 1. The maximum atomic E-state index is 12.7. The van der Waals surface area contributed by atoms with E-state index in [1.54, 1.807) is 28.8 Å². The molecule has 0 fully saturated rings. The zero-order valence-electron chi connectivity index (χ0n) is 17.8. The Balaban J connectivity index is 1.76. The first-order valence-corrected chi connectivity index (χ1v) is 10.1. The van der Waals surface area contributed by atoms with E-state index in [2.05, 4.69) is 0 Å². The van der Waals surface area contributed by atoms with Gasteiger partial charge in [0.15, 0.2) is 5.60 Å². The van der Waals surface area contributed by atoms with E-state index in [1.807, 2.05) is 0 Å². The predicted octanol–water partition coefficient (Wildman–Crippen LogP) is 5.15. The molecule has 2 amide bonds. The van der Waals surface area contributed by atoms with Gasteiger partial charge in [0.1, 0.15) is 0 Å². The first-order chi connectivity index (χ1) is 16.8. The van der Waals surface area contributed by atoms with Crippen molar-refractivity contribution in [3.05, 3.63) is 95.1 Å². The summed E-state index contributed by atoms with van der Waals surface area (Å²) in [6.07, 6.45) is -10.2. The van der Waals surface area contributed by atoms with Crippen LogP contribution in [-0.2, 0) is 19.9 Å². The van der Waals surface area contributed by atoms with Gasteiger partial charge in [0.2, 0.25) is 0 Å². The molecular formula is C24H14F6N2O4. The van der Waals surface area contributed by atoms with Gasteiger partial charge in [-0.25, -0.2) is 4.79 Å². The second kappa shape index (κ2) is 8.70. The lowest BCUT2D eigenvalue weighted by atomic mass is 9.80. The van der Waals surface area contributed by atoms with Crippen LogP contribution in [0.1, 0.15) is 27.0 Å². The van der Waals surface area contributed by atoms with Gasteiger partial charge in [0, 0.05) is 28.1 Å². The van der Waals surface area contributed by atoms with Gasteiger partial charge in [0.25, 0.3) is 0 Å². The number of fused-ring (bicyclic) bond motifs is 1. The molecule has 0 atom stereocenters. The van der Waals surface area contributed by atoms with Gasteiger partial charge >= 0.3 is 30.1 Å². The van der Waals surface area contributed by atoms with Crippen molar-refractivity contribution in [2.45, 2.75) is 18.0 Å². The molecule has 0 saturated carbocycles. The second-order valence-electron chi connectivity index (χ2n) is 7.67. The normalized spacial score (nSPS) is 14.6. The third-order valence-electron chi connectivity index (χ3n) is 5.39.